The third-order valence-electron chi connectivity index (χ3n) is 2.68. The predicted octanol–water partition coefficient (Wildman–Crippen LogP) is 1.80. The number of halogens is 1. The van der Waals surface area contributed by atoms with E-state index in [1.54, 1.807) is 10.9 Å². The van der Waals surface area contributed by atoms with Crippen molar-refractivity contribution >= 4 is 23.1 Å². The van der Waals surface area contributed by atoms with Gasteiger partial charge >= 0.3 is 0 Å². The Kier molecular flexibility index (Phi) is 3.76. The normalized spacial score (nSPS) is 12.9. The Labute approximate surface area is 109 Å². The first-order valence-electron chi connectivity index (χ1n) is 5.34. The highest BCUT2D eigenvalue weighted by Crippen LogP contribution is 2.30. The van der Waals surface area contributed by atoms with Gasteiger partial charge in [-0.2, -0.15) is 5.10 Å². The second kappa shape index (κ2) is 5.12. The van der Waals surface area contributed by atoms with Gasteiger partial charge in [-0.1, -0.05) is 23.0 Å². The Balaban J connectivity index is 2.47. The summed E-state index contributed by atoms with van der Waals surface area (Å²) in [6.45, 7) is 2.07. The van der Waals surface area contributed by atoms with E-state index < -0.39 is 0 Å². The Morgan fingerprint density at radius 2 is 2.35 bits per heavy atom. The van der Waals surface area contributed by atoms with Crippen LogP contribution in [0.4, 0.5) is 0 Å². The molecule has 0 aliphatic carbocycles. The van der Waals surface area contributed by atoms with Crippen LogP contribution < -0.4 is 5.32 Å². The molecule has 2 aromatic rings. The fourth-order valence-corrected chi connectivity index (χ4v) is 2.94. The van der Waals surface area contributed by atoms with E-state index in [0.717, 1.165) is 22.7 Å². The van der Waals surface area contributed by atoms with Gasteiger partial charge in [0, 0.05) is 7.05 Å². The molecule has 0 amide bonds. The van der Waals surface area contributed by atoms with Crippen LogP contribution in [0.15, 0.2) is 6.20 Å². The lowest BCUT2D eigenvalue weighted by molar-refractivity contribution is 0.608. The first-order valence-corrected chi connectivity index (χ1v) is 6.50. The van der Waals surface area contributed by atoms with Crippen molar-refractivity contribution in [1.29, 1.82) is 0 Å². The molecule has 7 heteroatoms. The minimum atomic E-state index is -0.00931. The van der Waals surface area contributed by atoms with E-state index in [4.69, 9.17) is 11.6 Å². The molecule has 2 aromatic heterocycles. The Hall–Kier alpha value is -0.980. The lowest BCUT2D eigenvalue weighted by Crippen LogP contribution is -2.21. The van der Waals surface area contributed by atoms with Gasteiger partial charge < -0.3 is 5.32 Å². The van der Waals surface area contributed by atoms with E-state index in [9.17, 15) is 0 Å². The van der Waals surface area contributed by atoms with Crippen molar-refractivity contribution in [2.75, 3.05) is 7.05 Å². The van der Waals surface area contributed by atoms with Crippen LogP contribution in [0.5, 0.6) is 0 Å². The van der Waals surface area contributed by atoms with Gasteiger partial charge in [-0.25, -0.2) is 0 Å². The van der Waals surface area contributed by atoms with Crippen molar-refractivity contribution in [3.8, 4) is 0 Å². The molecule has 0 fully saturated rings. The first-order chi connectivity index (χ1) is 8.19. The molecule has 0 saturated heterocycles. The van der Waals surface area contributed by atoms with Gasteiger partial charge in [0.1, 0.15) is 0 Å². The number of nitrogens with zero attached hydrogens (tertiary/aromatic N) is 4. The van der Waals surface area contributed by atoms with Crippen molar-refractivity contribution in [3.63, 3.8) is 0 Å². The summed E-state index contributed by atoms with van der Waals surface area (Å²) in [6.07, 6.45) is 2.51. The predicted molar refractivity (Wildman–Crippen MR) is 68.4 cm³/mol. The number of aryl methyl sites for hydroxylation is 2. The van der Waals surface area contributed by atoms with E-state index in [1.807, 2.05) is 14.1 Å². The maximum absolute atomic E-state index is 6.17. The van der Waals surface area contributed by atoms with Gasteiger partial charge in [-0.15, -0.1) is 5.10 Å². The molecule has 2 heterocycles. The lowest BCUT2D eigenvalue weighted by Gasteiger charge is -2.16. The number of hydrogen-bond acceptors (Lipinski definition) is 5. The average molecular weight is 272 g/mol. The molecule has 92 valence electrons. The molecule has 0 aliphatic heterocycles. The van der Waals surface area contributed by atoms with Gasteiger partial charge in [0.05, 0.1) is 33.5 Å². The van der Waals surface area contributed by atoms with E-state index in [1.165, 1.54) is 11.5 Å². The van der Waals surface area contributed by atoms with Crippen molar-refractivity contribution in [2.45, 2.75) is 19.4 Å². The molecule has 0 bridgehead atoms. The molecule has 0 aliphatic rings. The molecule has 1 unspecified atom stereocenters. The molecule has 0 saturated carbocycles. The molecular formula is C10H14ClN5S. The second-order valence-electron chi connectivity index (χ2n) is 3.66. The monoisotopic (exact) mass is 271 g/mol. The maximum Gasteiger partial charge on any atom is 0.0889 e. The summed E-state index contributed by atoms with van der Waals surface area (Å²) in [7, 11) is 3.78. The third kappa shape index (κ3) is 2.20. The van der Waals surface area contributed by atoms with Crippen LogP contribution in [0.1, 0.15) is 29.2 Å². The van der Waals surface area contributed by atoms with Crippen molar-refractivity contribution < 1.29 is 0 Å². The van der Waals surface area contributed by atoms with Crippen molar-refractivity contribution in [3.05, 3.63) is 27.5 Å². The minimum absolute atomic E-state index is 0.00931. The molecule has 0 aromatic carbocycles. The summed E-state index contributed by atoms with van der Waals surface area (Å²) in [6, 6.07) is -0.00931. The first kappa shape index (κ1) is 12.5. The Morgan fingerprint density at radius 3 is 2.88 bits per heavy atom. The Bertz CT molecular complexity index is 487. The van der Waals surface area contributed by atoms with E-state index in [2.05, 4.69) is 26.9 Å². The van der Waals surface area contributed by atoms with Crippen LogP contribution in [0.25, 0.3) is 0 Å². The number of hydrogen-bond donors (Lipinski definition) is 1. The van der Waals surface area contributed by atoms with Crippen molar-refractivity contribution in [1.82, 2.24) is 24.7 Å². The van der Waals surface area contributed by atoms with Crippen LogP contribution in [-0.4, -0.2) is 26.4 Å². The SMILES string of the molecule is CCc1nnsc1C(NC)c1c(Cl)cnn1C. The molecule has 5 nitrogen and oxygen atoms in total. The number of nitrogens with one attached hydrogen (secondary N) is 1. The molecule has 17 heavy (non-hydrogen) atoms. The smallest absolute Gasteiger partial charge is 0.0889 e. The second-order valence-corrected chi connectivity index (χ2v) is 4.85. The summed E-state index contributed by atoms with van der Waals surface area (Å²) in [5.74, 6) is 0. The molecule has 0 spiro atoms. The summed E-state index contributed by atoms with van der Waals surface area (Å²) < 4.78 is 5.79. The van der Waals surface area contributed by atoms with E-state index >= 15 is 0 Å². The zero-order valence-corrected chi connectivity index (χ0v) is 11.5. The zero-order chi connectivity index (χ0) is 12.4. The molecule has 2 rings (SSSR count). The minimum Gasteiger partial charge on any atom is -0.307 e. The summed E-state index contributed by atoms with van der Waals surface area (Å²) in [5.41, 5.74) is 1.95. The topological polar surface area (TPSA) is 55.6 Å². The van der Waals surface area contributed by atoms with Gasteiger partial charge in [-0.05, 0) is 25.0 Å². The number of aromatic nitrogens is 4. The van der Waals surface area contributed by atoms with E-state index in [-0.39, 0.29) is 6.04 Å². The highest BCUT2D eigenvalue weighted by molar-refractivity contribution is 7.05. The van der Waals surface area contributed by atoms with Crippen LogP contribution in [0.2, 0.25) is 5.02 Å². The van der Waals surface area contributed by atoms with Crippen LogP contribution >= 0.6 is 23.1 Å². The van der Waals surface area contributed by atoms with Gasteiger partial charge in [0.15, 0.2) is 0 Å². The van der Waals surface area contributed by atoms with Crippen LogP contribution in [0.3, 0.4) is 0 Å². The standard InChI is InChI=1S/C10H14ClN5S/c1-4-7-10(17-15-14-7)8(12-2)9-6(11)5-13-16(9)3/h5,8,12H,4H2,1-3H3. The van der Waals surface area contributed by atoms with Crippen LogP contribution in [-0.2, 0) is 13.5 Å². The molecule has 1 atom stereocenters. The maximum atomic E-state index is 6.17. The molecule has 1 N–H and O–H groups in total. The highest BCUT2D eigenvalue weighted by atomic mass is 35.5. The summed E-state index contributed by atoms with van der Waals surface area (Å²) in [4.78, 5) is 1.10. The lowest BCUT2D eigenvalue weighted by atomic mass is 10.1. The largest absolute Gasteiger partial charge is 0.307 e. The quantitative estimate of drug-likeness (QED) is 0.921. The summed E-state index contributed by atoms with van der Waals surface area (Å²) in [5, 5.41) is 12.2. The zero-order valence-electron chi connectivity index (χ0n) is 9.94. The van der Waals surface area contributed by atoms with Gasteiger partial charge in [0.25, 0.3) is 0 Å². The fraction of sp³-hybridized carbons (Fsp3) is 0.500. The number of rotatable bonds is 4. The third-order valence-corrected chi connectivity index (χ3v) is 3.80. The highest BCUT2D eigenvalue weighted by Gasteiger charge is 2.24. The van der Waals surface area contributed by atoms with E-state index in [0.29, 0.717) is 5.02 Å². The van der Waals surface area contributed by atoms with Gasteiger partial charge in [-0.3, -0.25) is 4.68 Å². The molecular weight excluding hydrogens is 258 g/mol. The Morgan fingerprint density at radius 1 is 1.59 bits per heavy atom. The van der Waals surface area contributed by atoms with Crippen molar-refractivity contribution in [2.24, 2.45) is 7.05 Å². The molecule has 0 radical (unpaired) electrons. The van der Waals surface area contributed by atoms with Gasteiger partial charge in [0.2, 0.25) is 0 Å². The average Bonchev–Trinajstić information content (AvgIpc) is 2.91. The fourth-order valence-electron chi connectivity index (χ4n) is 1.82. The van der Waals surface area contributed by atoms with Crippen LogP contribution in [0, 0.1) is 0 Å². The summed E-state index contributed by atoms with van der Waals surface area (Å²) >= 11 is 7.57.